The minimum absolute atomic E-state index is 0.0762. The first-order valence-electron chi connectivity index (χ1n) is 12.2. The highest BCUT2D eigenvalue weighted by Gasteiger charge is 2.14. The number of aryl methyl sites for hydroxylation is 3. The van der Waals surface area contributed by atoms with Gasteiger partial charge in [-0.05, 0) is 68.5 Å². The average molecular weight is 468 g/mol. The quantitative estimate of drug-likeness (QED) is 0.212. The molecule has 1 heterocycles. The fraction of sp³-hybridized carbons (Fsp3) is 0.267. The molecule has 180 valence electrons. The van der Waals surface area contributed by atoms with Gasteiger partial charge in [0.1, 0.15) is 11.6 Å². The molecule has 0 unspecified atom stereocenters. The molecule has 0 bridgehead atoms. The van der Waals surface area contributed by atoms with Crippen LogP contribution in [0, 0.1) is 13.8 Å². The monoisotopic (exact) mass is 467 g/mol. The summed E-state index contributed by atoms with van der Waals surface area (Å²) in [5.41, 5.74) is 6.01. The third-order valence-corrected chi connectivity index (χ3v) is 6.14. The van der Waals surface area contributed by atoms with Gasteiger partial charge in [0, 0.05) is 12.1 Å². The summed E-state index contributed by atoms with van der Waals surface area (Å²) in [4.78, 5) is 17.6. The van der Waals surface area contributed by atoms with E-state index in [9.17, 15) is 4.79 Å². The number of nitrogens with one attached hydrogen (secondary N) is 1. The van der Waals surface area contributed by atoms with Gasteiger partial charge in [0.25, 0.3) is 5.91 Å². The smallest absolute Gasteiger partial charge is 0.251 e. The lowest BCUT2D eigenvalue weighted by Gasteiger charge is -2.13. The molecule has 3 aromatic carbocycles. The lowest BCUT2D eigenvalue weighted by molar-refractivity contribution is 0.0949. The molecular formula is C30H33N3O2. The van der Waals surface area contributed by atoms with E-state index in [0.717, 1.165) is 65.1 Å². The Morgan fingerprint density at radius 2 is 1.86 bits per heavy atom. The standard InChI is InChI=1S/C30H33N3O2/c1-4-11-24-12-5-8-15-28(24)35-19-10-9-18-33-27-14-7-6-13-26(27)32-29(33)21-31-30(34)25-17-16-22(2)20-23(25)3/h4-8,12-17,20H,1,9-11,18-19,21H2,2-3H3,(H,31,34). The van der Waals surface area contributed by atoms with Gasteiger partial charge in [0.05, 0.1) is 24.2 Å². The van der Waals surface area contributed by atoms with Crippen LogP contribution in [0.25, 0.3) is 11.0 Å². The number of aromatic nitrogens is 2. The Labute approximate surface area is 207 Å². The van der Waals surface area contributed by atoms with Gasteiger partial charge in [0.15, 0.2) is 0 Å². The highest BCUT2D eigenvalue weighted by Crippen LogP contribution is 2.20. The van der Waals surface area contributed by atoms with Crippen molar-refractivity contribution in [2.75, 3.05) is 6.61 Å². The molecule has 0 fully saturated rings. The third-order valence-electron chi connectivity index (χ3n) is 6.14. The SMILES string of the molecule is C=CCc1ccccc1OCCCCn1c(CNC(=O)c2ccc(C)cc2C)nc2ccccc21. The number of benzene rings is 3. The number of carbonyl (C=O) groups excluding carboxylic acids is 1. The van der Waals surface area contributed by atoms with Crippen molar-refractivity contribution in [1.82, 2.24) is 14.9 Å². The number of hydrogen-bond donors (Lipinski definition) is 1. The number of ether oxygens (including phenoxy) is 1. The molecule has 0 aliphatic rings. The fourth-order valence-electron chi connectivity index (χ4n) is 4.36. The summed E-state index contributed by atoms with van der Waals surface area (Å²) < 4.78 is 8.26. The zero-order chi connectivity index (χ0) is 24.6. The van der Waals surface area contributed by atoms with Gasteiger partial charge >= 0.3 is 0 Å². The molecule has 0 saturated heterocycles. The molecule has 1 amide bonds. The van der Waals surface area contributed by atoms with Crippen LogP contribution < -0.4 is 10.1 Å². The number of para-hydroxylation sites is 3. The number of carbonyl (C=O) groups is 1. The summed E-state index contributed by atoms with van der Waals surface area (Å²) in [5, 5.41) is 3.06. The van der Waals surface area contributed by atoms with E-state index < -0.39 is 0 Å². The maximum atomic E-state index is 12.8. The summed E-state index contributed by atoms with van der Waals surface area (Å²) in [6, 6.07) is 22.1. The lowest BCUT2D eigenvalue weighted by Crippen LogP contribution is -2.25. The van der Waals surface area contributed by atoms with Crippen molar-refractivity contribution in [3.63, 3.8) is 0 Å². The van der Waals surface area contributed by atoms with E-state index in [-0.39, 0.29) is 5.91 Å². The zero-order valence-corrected chi connectivity index (χ0v) is 20.6. The highest BCUT2D eigenvalue weighted by atomic mass is 16.5. The van der Waals surface area contributed by atoms with Gasteiger partial charge in [-0.25, -0.2) is 4.98 Å². The Kier molecular flexibility index (Phi) is 7.99. The van der Waals surface area contributed by atoms with Gasteiger partial charge < -0.3 is 14.6 Å². The van der Waals surface area contributed by atoms with Gasteiger partial charge in [-0.15, -0.1) is 6.58 Å². The van der Waals surface area contributed by atoms with Crippen molar-refractivity contribution in [3.8, 4) is 5.75 Å². The normalized spacial score (nSPS) is 10.9. The first-order valence-corrected chi connectivity index (χ1v) is 12.2. The van der Waals surface area contributed by atoms with Crippen molar-refractivity contribution in [3.05, 3.63) is 107 Å². The molecule has 0 radical (unpaired) electrons. The van der Waals surface area contributed by atoms with E-state index in [1.807, 2.05) is 74.5 Å². The molecule has 4 rings (SSSR count). The van der Waals surface area contributed by atoms with Gasteiger partial charge in [-0.3, -0.25) is 4.79 Å². The minimum Gasteiger partial charge on any atom is -0.493 e. The Morgan fingerprint density at radius 3 is 2.69 bits per heavy atom. The highest BCUT2D eigenvalue weighted by molar-refractivity contribution is 5.95. The summed E-state index contributed by atoms with van der Waals surface area (Å²) >= 11 is 0. The molecular weight excluding hydrogens is 434 g/mol. The minimum atomic E-state index is -0.0762. The van der Waals surface area contributed by atoms with E-state index in [1.54, 1.807) is 0 Å². The first kappa shape index (κ1) is 24.3. The molecule has 0 spiro atoms. The second-order valence-corrected chi connectivity index (χ2v) is 8.83. The molecule has 5 nitrogen and oxygen atoms in total. The van der Waals surface area contributed by atoms with Crippen LogP contribution in [0.15, 0.2) is 79.4 Å². The second kappa shape index (κ2) is 11.5. The fourth-order valence-corrected chi connectivity index (χ4v) is 4.36. The second-order valence-electron chi connectivity index (χ2n) is 8.83. The number of allylic oxidation sites excluding steroid dienone is 1. The van der Waals surface area contributed by atoms with E-state index in [0.29, 0.717) is 18.7 Å². The van der Waals surface area contributed by atoms with Crippen LogP contribution in [-0.4, -0.2) is 22.1 Å². The molecule has 0 aliphatic carbocycles. The maximum absolute atomic E-state index is 12.8. The van der Waals surface area contributed by atoms with Gasteiger partial charge in [-0.2, -0.15) is 0 Å². The van der Waals surface area contributed by atoms with Gasteiger partial charge in [0.2, 0.25) is 0 Å². The third kappa shape index (κ3) is 5.99. The number of rotatable bonds is 11. The van der Waals surface area contributed by atoms with Crippen molar-refractivity contribution in [2.24, 2.45) is 0 Å². The Bertz CT molecular complexity index is 1320. The molecule has 1 N–H and O–H groups in total. The molecule has 1 aromatic heterocycles. The summed E-state index contributed by atoms with van der Waals surface area (Å²) in [6.45, 7) is 9.67. The average Bonchev–Trinajstić information content (AvgIpc) is 3.21. The summed E-state index contributed by atoms with van der Waals surface area (Å²) in [6.07, 6.45) is 4.56. The molecule has 4 aromatic rings. The maximum Gasteiger partial charge on any atom is 0.251 e. The van der Waals surface area contributed by atoms with Crippen LogP contribution in [0.1, 0.15) is 45.7 Å². The van der Waals surface area contributed by atoms with Crippen molar-refractivity contribution in [2.45, 2.75) is 46.2 Å². The van der Waals surface area contributed by atoms with Crippen molar-refractivity contribution < 1.29 is 9.53 Å². The predicted octanol–water partition coefficient (Wildman–Crippen LogP) is 6.17. The molecule has 35 heavy (non-hydrogen) atoms. The van der Waals surface area contributed by atoms with E-state index in [1.165, 1.54) is 0 Å². The van der Waals surface area contributed by atoms with Crippen LogP contribution in [0.5, 0.6) is 5.75 Å². The van der Waals surface area contributed by atoms with Crippen LogP contribution in [0.4, 0.5) is 0 Å². The Balaban J connectivity index is 1.38. The number of hydrogen-bond acceptors (Lipinski definition) is 3. The Morgan fingerprint density at radius 1 is 1.06 bits per heavy atom. The molecule has 0 saturated carbocycles. The molecule has 0 atom stereocenters. The first-order chi connectivity index (χ1) is 17.1. The van der Waals surface area contributed by atoms with E-state index in [4.69, 9.17) is 9.72 Å². The number of imidazole rings is 1. The number of fused-ring (bicyclic) bond motifs is 1. The summed E-state index contributed by atoms with van der Waals surface area (Å²) in [7, 11) is 0. The van der Waals surface area contributed by atoms with E-state index >= 15 is 0 Å². The predicted molar refractivity (Wildman–Crippen MR) is 142 cm³/mol. The number of amides is 1. The van der Waals surface area contributed by atoms with Crippen LogP contribution >= 0.6 is 0 Å². The summed E-state index contributed by atoms with van der Waals surface area (Å²) in [5.74, 6) is 1.71. The van der Waals surface area contributed by atoms with Crippen LogP contribution in [0.3, 0.4) is 0 Å². The largest absolute Gasteiger partial charge is 0.493 e. The van der Waals surface area contributed by atoms with Gasteiger partial charge in [-0.1, -0.05) is 54.1 Å². The van der Waals surface area contributed by atoms with Crippen LogP contribution in [-0.2, 0) is 19.5 Å². The Hall–Kier alpha value is -3.86. The zero-order valence-electron chi connectivity index (χ0n) is 20.6. The lowest BCUT2D eigenvalue weighted by atomic mass is 10.1. The topological polar surface area (TPSA) is 56.1 Å². The van der Waals surface area contributed by atoms with Crippen molar-refractivity contribution in [1.29, 1.82) is 0 Å². The molecule has 0 aliphatic heterocycles. The number of nitrogens with zero attached hydrogens (tertiary/aromatic N) is 2. The van der Waals surface area contributed by atoms with E-state index in [2.05, 4.69) is 28.6 Å². The number of unbranched alkanes of at least 4 members (excludes halogenated alkanes) is 1. The van der Waals surface area contributed by atoms with Crippen molar-refractivity contribution >= 4 is 16.9 Å². The van der Waals surface area contributed by atoms with Crippen LogP contribution in [0.2, 0.25) is 0 Å². The molecule has 5 heteroatoms.